The van der Waals surface area contributed by atoms with Crippen molar-refractivity contribution in [3.05, 3.63) is 166 Å². The Morgan fingerprint density at radius 3 is 1.90 bits per heavy atom. The van der Waals surface area contributed by atoms with E-state index in [1.165, 1.54) is 78.1 Å². The number of aromatic nitrogens is 2. The predicted octanol–water partition coefficient (Wildman–Crippen LogP) is 6.81. The van der Waals surface area contributed by atoms with Gasteiger partial charge in [0, 0.05) is 24.3 Å². The second-order valence-electron chi connectivity index (χ2n) is 11.9. The van der Waals surface area contributed by atoms with E-state index >= 15 is 0 Å². The largest absolute Gasteiger partial charge is 0.418 e. The average Bonchev–Trinajstić information content (AvgIpc) is 3.56. The Balaban J connectivity index is 1.53. The van der Waals surface area contributed by atoms with Gasteiger partial charge in [-0.15, -0.1) is 9.13 Å². The van der Waals surface area contributed by atoms with Crippen molar-refractivity contribution in [3.8, 4) is 33.6 Å². The van der Waals surface area contributed by atoms with Crippen LogP contribution in [0, 0.1) is 13.8 Å². The van der Waals surface area contributed by atoms with E-state index in [4.69, 9.17) is 0 Å². The standard InChI is InChI=1S/C38H26N2/c1-23-17-19-40-34(22-23)28-20-24(2)21-32-36(28)38(40)35-27(33-16-7-8-18-39(33)38)12-9-15-31(35)37(32)29-13-5-3-10-25(29)26-11-4-6-14-30(26)37/h3-22H,1-2H3/q+2. The van der Waals surface area contributed by atoms with E-state index in [0.717, 1.165) is 0 Å². The number of pyridine rings is 2. The Labute approximate surface area is 233 Å². The highest BCUT2D eigenvalue weighted by molar-refractivity contribution is 5.92. The zero-order chi connectivity index (χ0) is 26.4. The molecule has 2 heteroatoms. The maximum absolute atomic E-state index is 2.56. The number of hydrogen-bond acceptors (Lipinski definition) is 0. The van der Waals surface area contributed by atoms with Crippen LogP contribution >= 0.6 is 0 Å². The molecule has 0 N–H and O–H groups in total. The van der Waals surface area contributed by atoms with E-state index in [1.54, 1.807) is 0 Å². The Hall–Kier alpha value is -4.82. The fourth-order valence-corrected chi connectivity index (χ4v) is 8.84. The van der Waals surface area contributed by atoms with E-state index < -0.39 is 11.1 Å². The second-order valence-corrected chi connectivity index (χ2v) is 11.9. The van der Waals surface area contributed by atoms with Crippen LogP contribution in [0.15, 0.2) is 122 Å². The van der Waals surface area contributed by atoms with Gasteiger partial charge in [0.15, 0.2) is 12.4 Å². The Morgan fingerprint density at radius 1 is 0.450 bits per heavy atom. The molecule has 1 atom stereocenters. The van der Waals surface area contributed by atoms with E-state index in [9.17, 15) is 0 Å². The van der Waals surface area contributed by atoms with Gasteiger partial charge in [0.1, 0.15) is 11.1 Å². The fourth-order valence-electron chi connectivity index (χ4n) is 8.84. The van der Waals surface area contributed by atoms with Crippen LogP contribution in [0.4, 0.5) is 0 Å². The normalized spacial score (nSPS) is 18.6. The molecule has 2 spiro atoms. The first-order valence-electron chi connectivity index (χ1n) is 14.2. The van der Waals surface area contributed by atoms with Crippen molar-refractivity contribution in [2.75, 3.05) is 0 Å². The van der Waals surface area contributed by atoms with E-state index in [1.807, 2.05) is 0 Å². The molecular weight excluding hydrogens is 484 g/mol. The predicted molar refractivity (Wildman–Crippen MR) is 156 cm³/mol. The number of rotatable bonds is 0. The zero-order valence-electron chi connectivity index (χ0n) is 22.4. The third kappa shape index (κ3) is 2.00. The summed E-state index contributed by atoms with van der Waals surface area (Å²) in [6.07, 6.45) is 4.62. The highest BCUT2D eigenvalue weighted by Crippen LogP contribution is 2.65. The smallest absolute Gasteiger partial charge is 0.126 e. The lowest BCUT2D eigenvalue weighted by Gasteiger charge is -2.41. The molecule has 186 valence electrons. The average molecular weight is 511 g/mol. The molecule has 4 aromatic carbocycles. The number of fused-ring (bicyclic) bond motifs is 11. The third-order valence-corrected chi connectivity index (χ3v) is 10.0. The summed E-state index contributed by atoms with van der Waals surface area (Å²) in [5.41, 5.74) is 18.1. The summed E-state index contributed by atoms with van der Waals surface area (Å²) >= 11 is 0. The van der Waals surface area contributed by atoms with Gasteiger partial charge >= 0.3 is 5.66 Å². The molecule has 0 saturated heterocycles. The summed E-state index contributed by atoms with van der Waals surface area (Å²) in [7, 11) is 0. The Kier molecular flexibility index (Phi) is 3.50. The molecule has 0 saturated carbocycles. The van der Waals surface area contributed by atoms with Crippen LogP contribution in [0.1, 0.15) is 44.5 Å². The van der Waals surface area contributed by atoms with Gasteiger partial charge < -0.3 is 0 Å². The van der Waals surface area contributed by atoms with Crippen molar-refractivity contribution in [3.63, 3.8) is 0 Å². The summed E-state index contributed by atoms with van der Waals surface area (Å²) in [4.78, 5) is 0. The maximum Gasteiger partial charge on any atom is 0.418 e. The minimum Gasteiger partial charge on any atom is -0.126 e. The first-order valence-corrected chi connectivity index (χ1v) is 14.2. The van der Waals surface area contributed by atoms with Crippen LogP contribution in [0.2, 0.25) is 0 Å². The summed E-state index contributed by atoms with van der Waals surface area (Å²) in [6, 6.07) is 41.5. The van der Waals surface area contributed by atoms with E-state index in [0.29, 0.717) is 0 Å². The molecule has 40 heavy (non-hydrogen) atoms. The number of aryl methyl sites for hydroxylation is 2. The SMILES string of the molecule is Cc1cc2c3c(c1)C1(c4ccccc4-c4ccccc41)c1cccc4c1C3([n+]1ccccc1-4)[n+]1ccc(C)cc1-2. The van der Waals surface area contributed by atoms with Gasteiger partial charge in [-0.05, 0) is 76.6 Å². The minimum absolute atomic E-state index is 0.390. The number of benzene rings is 4. The molecule has 0 bridgehead atoms. The molecule has 10 rings (SSSR count). The van der Waals surface area contributed by atoms with Gasteiger partial charge in [-0.2, -0.15) is 0 Å². The molecular formula is C38H26N2+2. The molecule has 0 fully saturated rings. The molecule has 0 amide bonds. The summed E-state index contributed by atoms with van der Waals surface area (Å²) in [5, 5.41) is 0. The van der Waals surface area contributed by atoms with Crippen LogP contribution in [0.3, 0.4) is 0 Å². The fraction of sp³-hybridized carbons (Fsp3) is 0.105. The molecule has 6 aromatic rings. The second kappa shape index (κ2) is 6.66. The molecule has 2 aliphatic heterocycles. The zero-order valence-corrected chi connectivity index (χ0v) is 22.4. The lowest BCUT2D eigenvalue weighted by Crippen LogP contribution is -2.73. The monoisotopic (exact) mass is 510 g/mol. The van der Waals surface area contributed by atoms with Crippen LogP contribution < -0.4 is 9.13 Å². The van der Waals surface area contributed by atoms with Gasteiger partial charge in [-0.1, -0.05) is 66.7 Å². The molecule has 4 heterocycles. The van der Waals surface area contributed by atoms with Gasteiger partial charge in [0.05, 0.1) is 16.5 Å². The summed E-state index contributed by atoms with van der Waals surface area (Å²) < 4.78 is 5.11. The molecule has 0 radical (unpaired) electrons. The van der Waals surface area contributed by atoms with Crippen LogP contribution in [0.5, 0.6) is 0 Å². The molecule has 2 aliphatic carbocycles. The number of hydrogen-bond donors (Lipinski definition) is 0. The van der Waals surface area contributed by atoms with E-state index in [2.05, 4.69) is 145 Å². The molecule has 4 aliphatic rings. The van der Waals surface area contributed by atoms with Crippen molar-refractivity contribution >= 4 is 0 Å². The van der Waals surface area contributed by atoms with Gasteiger partial charge in [0.25, 0.3) is 0 Å². The Morgan fingerprint density at radius 2 is 1.10 bits per heavy atom. The lowest BCUT2D eigenvalue weighted by molar-refractivity contribution is -0.955. The van der Waals surface area contributed by atoms with Crippen molar-refractivity contribution in [1.29, 1.82) is 0 Å². The molecule has 2 nitrogen and oxygen atoms in total. The van der Waals surface area contributed by atoms with E-state index in [-0.39, 0.29) is 0 Å². The molecule has 2 aromatic heterocycles. The minimum atomic E-state index is -0.471. The maximum atomic E-state index is 2.56. The van der Waals surface area contributed by atoms with Crippen molar-refractivity contribution in [1.82, 2.24) is 0 Å². The van der Waals surface area contributed by atoms with Crippen molar-refractivity contribution < 1.29 is 9.13 Å². The first kappa shape index (κ1) is 21.1. The highest BCUT2D eigenvalue weighted by atomic mass is 15.3. The Bertz CT molecular complexity index is 2110. The van der Waals surface area contributed by atoms with Crippen molar-refractivity contribution in [2.24, 2.45) is 0 Å². The topological polar surface area (TPSA) is 7.76 Å². The van der Waals surface area contributed by atoms with Gasteiger partial charge in [0.2, 0.25) is 11.4 Å². The third-order valence-electron chi connectivity index (χ3n) is 10.0. The van der Waals surface area contributed by atoms with Crippen molar-refractivity contribution in [2.45, 2.75) is 24.9 Å². The molecule has 1 unspecified atom stereocenters. The van der Waals surface area contributed by atoms with Crippen LogP contribution in [-0.4, -0.2) is 0 Å². The van der Waals surface area contributed by atoms with Gasteiger partial charge in [-0.25, -0.2) is 0 Å². The summed E-state index contributed by atoms with van der Waals surface area (Å²) in [6.45, 7) is 4.48. The summed E-state index contributed by atoms with van der Waals surface area (Å²) in [5.74, 6) is 0. The van der Waals surface area contributed by atoms with Crippen LogP contribution in [-0.2, 0) is 11.1 Å². The number of nitrogens with zero attached hydrogens (tertiary/aromatic N) is 2. The van der Waals surface area contributed by atoms with Crippen LogP contribution in [0.25, 0.3) is 33.6 Å². The quantitative estimate of drug-likeness (QED) is 0.198. The lowest BCUT2D eigenvalue weighted by atomic mass is 9.58. The van der Waals surface area contributed by atoms with Gasteiger partial charge in [-0.3, -0.25) is 0 Å². The highest BCUT2D eigenvalue weighted by Gasteiger charge is 2.73. The first-order chi connectivity index (χ1) is 19.7.